The normalized spacial score (nSPS) is 11.7. The number of nitrogens with one attached hydrogen (secondary N) is 2. The fourth-order valence-corrected chi connectivity index (χ4v) is 1.37. The standard InChI is InChI=1S/C13H26N6/c1-6-7-15-10-8-11(18-12(14)17-10)16-9-13(2,3)19(4)5/h8H,6-7,9H2,1-5H3,(H4,14,15,16,17,18). The molecular weight excluding hydrogens is 240 g/mol. The van der Waals surface area contributed by atoms with Crippen molar-refractivity contribution in [3.8, 4) is 0 Å². The fourth-order valence-electron chi connectivity index (χ4n) is 1.37. The minimum atomic E-state index is 0.0384. The molecule has 0 unspecified atom stereocenters. The van der Waals surface area contributed by atoms with Gasteiger partial charge in [-0.15, -0.1) is 0 Å². The minimum absolute atomic E-state index is 0.0384. The van der Waals surface area contributed by atoms with Crippen LogP contribution in [-0.4, -0.2) is 47.6 Å². The molecule has 0 aromatic carbocycles. The molecule has 0 aliphatic rings. The first kappa shape index (κ1) is 15.5. The van der Waals surface area contributed by atoms with Gasteiger partial charge in [0.25, 0.3) is 0 Å². The summed E-state index contributed by atoms with van der Waals surface area (Å²) in [6.45, 7) is 8.10. The molecule has 0 aliphatic carbocycles. The molecule has 0 aliphatic heterocycles. The van der Waals surface area contributed by atoms with Gasteiger partial charge in [0.15, 0.2) is 0 Å². The molecule has 108 valence electrons. The number of likely N-dealkylation sites (N-methyl/N-ethyl adjacent to an activating group) is 1. The summed E-state index contributed by atoms with van der Waals surface area (Å²) in [5, 5.41) is 6.53. The van der Waals surface area contributed by atoms with Gasteiger partial charge >= 0.3 is 0 Å². The predicted octanol–water partition coefficient (Wildman–Crippen LogP) is 1.63. The molecule has 0 bridgehead atoms. The average Bonchev–Trinajstić information content (AvgIpc) is 2.33. The maximum atomic E-state index is 5.72. The summed E-state index contributed by atoms with van der Waals surface area (Å²) in [5.74, 6) is 1.80. The largest absolute Gasteiger partial charge is 0.370 e. The van der Waals surface area contributed by atoms with Crippen molar-refractivity contribution in [3.05, 3.63) is 6.07 Å². The average molecular weight is 266 g/mol. The second-order valence-electron chi connectivity index (χ2n) is 5.48. The molecule has 19 heavy (non-hydrogen) atoms. The summed E-state index contributed by atoms with van der Waals surface area (Å²) in [5.41, 5.74) is 5.76. The van der Waals surface area contributed by atoms with E-state index in [1.807, 2.05) is 6.07 Å². The Balaban J connectivity index is 2.70. The summed E-state index contributed by atoms with van der Waals surface area (Å²) in [4.78, 5) is 10.5. The molecular formula is C13H26N6. The Hall–Kier alpha value is -1.56. The van der Waals surface area contributed by atoms with E-state index in [0.717, 1.165) is 31.1 Å². The van der Waals surface area contributed by atoms with Crippen LogP contribution in [0.4, 0.5) is 17.6 Å². The highest BCUT2D eigenvalue weighted by atomic mass is 15.2. The lowest BCUT2D eigenvalue weighted by Crippen LogP contribution is -2.44. The third kappa shape index (κ3) is 4.90. The molecule has 0 radical (unpaired) electrons. The Kier molecular flexibility index (Phi) is 5.35. The summed E-state index contributed by atoms with van der Waals surface area (Å²) in [6.07, 6.45) is 1.04. The van der Waals surface area contributed by atoms with Crippen molar-refractivity contribution < 1.29 is 0 Å². The van der Waals surface area contributed by atoms with Crippen molar-refractivity contribution in [3.63, 3.8) is 0 Å². The minimum Gasteiger partial charge on any atom is -0.370 e. The predicted molar refractivity (Wildman–Crippen MR) is 81.5 cm³/mol. The molecule has 1 aromatic rings. The van der Waals surface area contributed by atoms with Gasteiger partial charge in [-0.2, -0.15) is 9.97 Å². The number of anilines is 3. The van der Waals surface area contributed by atoms with Gasteiger partial charge < -0.3 is 21.3 Å². The third-order valence-electron chi connectivity index (χ3n) is 3.21. The third-order valence-corrected chi connectivity index (χ3v) is 3.21. The number of nitrogens with two attached hydrogens (primary N) is 1. The molecule has 0 amide bonds. The maximum Gasteiger partial charge on any atom is 0.223 e. The van der Waals surface area contributed by atoms with E-state index in [2.05, 4.69) is 60.4 Å². The second-order valence-corrected chi connectivity index (χ2v) is 5.48. The summed E-state index contributed by atoms with van der Waals surface area (Å²) in [7, 11) is 4.12. The van der Waals surface area contributed by atoms with E-state index in [9.17, 15) is 0 Å². The van der Waals surface area contributed by atoms with E-state index < -0.39 is 0 Å². The van der Waals surface area contributed by atoms with Gasteiger partial charge in [-0.05, 0) is 34.4 Å². The molecule has 0 saturated carbocycles. The number of rotatable bonds is 7. The van der Waals surface area contributed by atoms with Gasteiger partial charge in [0.05, 0.1) is 0 Å². The number of nitrogen functional groups attached to an aromatic ring is 1. The zero-order valence-electron chi connectivity index (χ0n) is 12.6. The molecule has 1 rings (SSSR count). The zero-order chi connectivity index (χ0) is 14.5. The van der Waals surface area contributed by atoms with Crippen molar-refractivity contribution in [1.29, 1.82) is 0 Å². The molecule has 1 aromatic heterocycles. The first-order chi connectivity index (χ1) is 8.85. The SMILES string of the molecule is CCCNc1cc(NCC(C)(C)N(C)C)nc(N)n1. The van der Waals surface area contributed by atoms with E-state index in [0.29, 0.717) is 0 Å². The Morgan fingerprint density at radius 3 is 2.32 bits per heavy atom. The van der Waals surface area contributed by atoms with E-state index in [1.165, 1.54) is 0 Å². The van der Waals surface area contributed by atoms with E-state index in [1.54, 1.807) is 0 Å². The van der Waals surface area contributed by atoms with Crippen LogP contribution in [0.25, 0.3) is 0 Å². The Morgan fingerprint density at radius 2 is 1.79 bits per heavy atom. The van der Waals surface area contributed by atoms with Crippen molar-refractivity contribution >= 4 is 17.6 Å². The lowest BCUT2D eigenvalue weighted by Gasteiger charge is -2.32. The van der Waals surface area contributed by atoms with Gasteiger partial charge in [0.2, 0.25) is 5.95 Å². The maximum absolute atomic E-state index is 5.72. The van der Waals surface area contributed by atoms with Gasteiger partial charge in [0.1, 0.15) is 11.6 Å². The molecule has 6 nitrogen and oxygen atoms in total. The first-order valence-electron chi connectivity index (χ1n) is 6.65. The van der Waals surface area contributed by atoms with Gasteiger partial charge in [0, 0.05) is 24.7 Å². The molecule has 0 saturated heterocycles. The second kappa shape index (κ2) is 6.56. The summed E-state index contributed by atoms with van der Waals surface area (Å²) >= 11 is 0. The quantitative estimate of drug-likeness (QED) is 0.696. The van der Waals surface area contributed by atoms with Crippen LogP contribution in [0.15, 0.2) is 6.07 Å². The fraction of sp³-hybridized carbons (Fsp3) is 0.692. The van der Waals surface area contributed by atoms with Crippen molar-refractivity contribution in [1.82, 2.24) is 14.9 Å². The highest BCUT2D eigenvalue weighted by Gasteiger charge is 2.20. The van der Waals surface area contributed by atoms with Crippen LogP contribution in [-0.2, 0) is 0 Å². The summed E-state index contributed by atoms with van der Waals surface area (Å²) < 4.78 is 0. The number of nitrogens with zero attached hydrogens (tertiary/aromatic N) is 3. The highest BCUT2D eigenvalue weighted by Crippen LogP contribution is 2.15. The topological polar surface area (TPSA) is 79.1 Å². The van der Waals surface area contributed by atoms with Crippen LogP contribution >= 0.6 is 0 Å². The van der Waals surface area contributed by atoms with Crippen molar-refractivity contribution in [2.75, 3.05) is 43.6 Å². The molecule has 0 atom stereocenters. The van der Waals surface area contributed by atoms with Crippen LogP contribution in [0.5, 0.6) is 0 Å². The van der Waals surface area contributed by atoms with Crippen LogP contribution in [0.1, 0.15) is 27.2 Å². The van der Waals surface area contributed by atoms with Crippen LogP contribution in [0.2, 0.25) is 0 Å². The van der Waals surface area contributed by atoms with Crippen LogP contribution in [0.3, 0.4) is 0 Å². The van der Waals surface area contributed by atoms with Crippen LogP contribution in [0, 0.1) is 0 Å². The number of hydrogen-bond acceptors (Lipinski definition) is 6. The van der Waals surface area contributed by atoms with E-state index in [4.69, 9.17) is 5.73 Å². The Bertz CT molecular complexity index is 402. The lowest BCUT2D eigenvalue weighted by atomic mass is 10.0. The van der Waals surface area contributed by atoms with Crippen molar-refractivity contribution in [2.24, 2.45) is 0 Å². The van der Waals surface area contributed by atoms with Gasteiger partial charge in [-0.3, -0.25) is 0 Å². The smallest absolute Gasteiger partial charge is 0.223 e. The molecule has 0 fully saturated rings. The number of hydrogen-bond donors (Lipinski definition) is 3. The number of aromatic nitrogens is 2. The van der Waals surface area contributed by atoms with E-state index in [-0.39, 0.29) is 11.5 Å². The zero-order valence-corrected chi connectivity index (χ0v) is 12.6. The molecule has 0 spiro atoms. The lowest BCUT2D eigenvalue weighted by molar-refractivity contribution is 0.210. The highest BCUT2D eigenvalue weighted by molar-refractivity contribution is 5.51. The monoisotopic (exact) mass is 266 g/mol. The summed E-state index contributed by atoms with van der Waals surface area (Å²) in [6, 6.07) is 1.89. The molecule has 1 heterocycles. The Morgan fingerprint density at radius 1 is 1.21 bits per heavy atom. The van der Waals surface area contributed by atoms with Crippen LogP contribution < -0.4 is 16.4 Å². The van der Waals surface area contributed by atoms with Crippen molar-refractivity contribution in [2.45, 2.75) is 32.7 Å². The molecule has 6 heteroatoms. The first-order valence-corrected chi connectivity index (χ1v) is 6.65. The van der Waals surface area contributed by atoms with E-state index >= 15 is 0 Å². The van der Waals surface area contributed by atoms with Gasteiger partial charge in [-0.1, -0.05) is 6.92 Å². The Labute approximate surface area is 115 Å². The van der Waals surface area contributed by atoms with Gasteiger partial charge in [-0.25, -0.2) is 0 Å². The molecule has 4 N–H and O–H groups in total.